The number of pyridine rings is 1. The number of nitrogens with one attached hydrogen (secondary N) is 1. The van der Waals surface area contributed by atoms with E-state index in [0.29, 0.717) is 18.0 Å². The number of nitrogens with zero attached hydrogens (tertiary/aromatic N) is 1. The van der Waals surface area contributed by atoms with Gasteiger partial charge in [-0.3, -0.25) is 4.98 Å². The molecule has 0 radical (unpaired) electrons. The molecule has 2 aromatic rings. The summed E-state index contributed by atoms with van der Waals surface area (Å²) in [5.41, 5.74) is 1.68. The molecule has 2 rings (SSSR count). The van der Waals surface area contributed by atoms with Gasteiger partial charge in [0.25, 0.3) is 0 Å². The van der Waals surface area contributed by atoms with Crippen molar-refractivity contribution in [3.63, 3.8) is 0 Å². The maximum absolute atomic E-state index is 11.5. The molecule has 0 fully saturated rings. The molecule has 0 saturated heterocycles. The van der Waals surface area contributed by atoms with E-state index < -0.39 is 6.09 Å². The van der Waals surface area contributed by atoms with Gasteiger partial charge in [-0.1, -0.05) is 48.0 Å². The summed E-state index contributed by atoms with van der Waals surface area (Å²) in [5, 5.41) is 3.29. The van der Waals surface area contributed by atoms with Gasteiger partial charge < -0.3 is 10.1 Å². The second-order valence-electron chi connectivity index (χ2n) is 4.55. The van der Waals surface area contributed by atoms with E-state index in [4.69, 9.17) is 16.3 Å². The first-order valence-electron chi connectivity index (χ1n) is 6.97. The molecule has 0 aliphatic heterocycles. The number of benzene rings is 1. The fraction of sp³-hybridized carbons (Fsp3) is 0.176. The fourth-order valence-corrected chi connectivity index (χ4v) is 1.93. The molecule has 1 amide bonds. The zero-order valence-electron chi connectivity index (χ0n) is 12.0. The van der Waals surface area contributed by atoms with Crippen molar-refractivity contribution in [1.29, 1.82) is 0 Å². The van der Waals surface area contributed by atoms with Gasteiger partial charge in [0.15, 0.2) is 0 Å². The molecular formula is C17H17ClN2O2. The summed E-state index contributed by atoms with van der Waals surface area (Å²) in [6.45, 7) is 0.765. The summed E-state index contributed by atoms with van der Waals surface area (Å²) < 4.78 is 5.10. The van der Waals surface area contributed by atoms with E-state index in [9.17, 15) is 4.79 Å². The minimum absolute atomic E-state index is 0.270. The summed E-state index contributed by atoms with van der Waals surface area (Å²) in [5.74, 6) is 0. The molecule has 0 saturated carbocycles. The zero-order chi connectivity index (χ0) is 15.6. The lowest BCUT2D eigenvalue weighted by molar-refractivity contribution is 0.140. The van der Waals surface area contributed by atoms with Crippen LogP contribution in [0.4, 0.5) is 4.79 Å². The van der Waals surface area contributed by atoms with Gasteiger partial charge in [-0.05, 0) is 30.2 Å². The van der Waals surface area contributed by atoms with Crippen LogP contribution in [0.3, 0.4) is 0 Å². The molecule has 114 valence electrons. The maximum Gasteiger partial charge on any atom is 0.407 e. The number of halogens is 1. The predicted octanol–water partition coefficient (Wildman–Crippen LogP) is 4.06. The van der Waals surface area contributed by atoms with E-state index in [0.717, 1.165) is 11.3 Å². The standard InChI is InChI=1S/C17H17ClN2O2/c18-15-9-6-12-19-16(15)10-4-5-11-20-17(21)22-13-14-7-2-1-3-8-14/h1-4,6-10,12H,5,11,13H2,(H,20,21). The largest absolute Gasteiger partial charge is 0.445 e. The number of ether oxygens (including phenoxy) is 1. The van der Waals surface area contributed by atoms with Gasteiger partial charge in [-0.25, -0.2) is 4.79 Å². The summed E-state index contributed by atoms with van der Waals surface area (Å²) in [6, 6.07) is 13.1. The topological polar surface area (TPSA) is 51.2 Å². The van der Waals surface area contributed by atoms with E-state index in [1.165, 1.54) is 0 Å². The van der Waals surface area contributed by atoms with Crippen molar-refractivity contribution in [3.05, 3.63) is 71.0 Å². The van der Waals surface area contributed by atoms with Crippen molar-refractivity contribution in [2.45, 2.75) is 13.0 Å². The number of carbonyl (C=O) groups is 1. The second-order valence-corrected chi connectivity index (χ2v) is 4.96. The smallest absolute Gasteiger partial charge is 0.407 e. The Bertz CT molecular complexity index is 630. The van der Waals surface area contributed by atoms with Crippen LogP contribution in [-0.2, 0) is 11.3 Å². The fourth-order valence-electron chi connectivity index (χ4n) is 1.75. The summed E-state index contributed by atoms with van der Waals surface area (Å²) in [4.78, 5) is 15.7. The molecule has 1 aromatic heterocycles. The predicted molar refractivity (Wildman–Crippen MR) is 87.5 cm³/mol. The number of amides is 1. The van der Waals surface area contributed by atoms with Gasteiger partial charge >= 0.3 is 6.09 Å². The molecule has 0 bridgehead atoms. The molecule has 0 atom stereocenters. The Morgan fingerprint density at radius 3 is 2.82 bits per heavy atom. The summed E-state index contributed by atoms with van der Waals surface area (Å²) >= 11 is 5.98. The van der Waals surface area contributed by atoms with Crippen LogP contribution >= 0.6 is 11.6 Å². The minimum Gasteiger partial charge on any atom is -0.445 e. The lowest BCUT2D eigenvalue weighted by Crippen LogP contribution is -2.24. The van der Waals surface area contributed by atoms with Crippen molar-refractivity contribution < 1.29 is 9.53 Å². The molecule has 1 N–H and O–H groups in total. The number of aromatic nitrogens is 1. The second kappa shape index (κ2) is 8.85. The van der Waals surface area contributed by atoms with Gasteiger partial charge in [-0.15, -0.1) is 0 Å². The lowest BCUT2D eigenvalue weighted by atomic mass is 10.2. The van der Waals surface area contributed by atoms with Gasteiger partial charge in [0.1, 0.15) is 6.61 Å². The molecule has 1 aromatic carbocycles. The van der Waals surface area contributed by atoms with Crippen LogP contribution in [0.15, 0.2) is 54.7 Å². The Labute approximate surface area is 134 Å². The first kappa shape index (κ1) is 16.0. The third-order valence-electron chi connectivity index (χ3n) is 2.86. The highest BCUT2D eigenvalue weighted by molar-refractivity contribution is 6.31. The Kier molecular flexibility index (Phi) is 6.45. The highest BCUT2D eigenvalue weighted by atomic mass is 35.5. The summed E-state index contributed by atoms with van der Waals surface area (Å²) in [7, 11) is 0. The zero-order valence-corrected chi connectivity index (χ0v) is 12.8. The first-order chi connectivity index (χ1) is 10.8. The van der Waals surface area contributed by atoms with Crippen LogP contribution in [0.5, 0.6) is 0 Å². The lowest BCUT2D eigenvalue weighted by Gasteiger charge is -2.05. The first-order valence-corrected chi connectivity index (χ1v) is 7.35. The van der Waals surface area contributed by atoms with Crippen LogP contribution in [0.2, 0.25) is 5.02 Å². The van der Waals surface area contributed by atoms with Crippen molar-refractivity contribution in [2.24, 2.45) is 0 Å². The molecule has 4 nitrogen and oxygen atoms in total. The van der Waals surface area contributed by atoms with Crippen LogP contribution in [-0.4, -0.2) is 17.6 Å². The van der Waals surface area contributed by atoms with Crippen molar-refractivity contribution >= 4 is 23.8 Å². The van der Waals surface area contributed by atoms with Crippen LogP contribution < -0.4 is 5.32 Å². The average molecular weight is 317 g/mol. The normalized spacial score (nSPS) is 10.6. The Balaban J connectivity index is 1.64. The van der Waals surface area contributed by atoms with E-state index in [1.54, 1.807) is 18.3 Å². The molecular weight excluding hydrogens is 300 g/mol. The minimum atomic E-state index is -0.423. The quantitative estimate of drug-likeness (QED) is 0.817. The van der Waals surface area contributed by atoms with E-state index >= 15 is 0 Å². The number of carbonyl (C=O) groups excluding carboxylic acids is 1. The van der Waals surface area contributed by atoms with Crippen molar-refractivity contribution in [3.8, 4) is 0 Å². The Morgan fingerprint density at radius 1 is 1.23 bits per heavy atom. The molecule has 5 heteroatoms. The third kappa shape index (κ3) is 5.58. The molecule has 22 heavy (non-hydrogen) atoms. The molecule has 1 heterocycles. The van der Waals surface area contributed by atoms with Crippen molar-refractivity contribution in [1.82, 2.24) is 10.3 Å². The van der Waals surface area contributed by atoms with Crippen LogP contribution in [0, 0.1) is 0 Å². The van der Waals surface area contributed by atoms with Gasteiger partial charge in [0.2, 0.25) is 0 Å². The van der Waals surface area contributed by atoms with Crippen molar-refractivity contribution in [2.75, 3.05) is 6.54 Å². The highest BCUT2D eigenvalue weighted by Crippen LogP contribution is 2.13. The Hall–Kier alpha value is -2.33. The van der Waals surface area contributed by atoms with Gasteiger partial charge in [0.05, 0.1) is 10.7 Å². The monoisotopic (exact) mass is 316 g/mol. The number of alkyl carbamates (subject to hydrolysis) is 1. The third-order valence-corrected chi connectivity index (χ3v) is 3.18. The summed E-state index contributed by atoms with van der Waals surface area (Å²) in [6.07, 6.45) is 5.68. The molecule has 0 aliphatic rings. The number of hydrogen-bond acceptors (Lipinski definition) is 3. The van der Waals surface area contributed by atoms with Crippen LogP contribution in [0.25, 0.3) is 6.08 Å². The maximum atomic E-state index is 11.5. The SMILES string of the molecule is O=C(NCCC=Cc1ncccc1Cl)OCc1ccccc1. The Morgan fingerprint density at radius 2 is 2.05 bits per heavy atom. The highest BCUT2D eigenvalue weighted by Gasteiger charge is 2.01. The molecule has 0 unspecified atom stereocenters. The number of rotatable bonds is 6. The molecule has 0 spiro atoms. The van der Waals surface area contributed by atoms with E-state index in [-0.39, 0.29) is 6.61 Å². The van der Waals surface area contributed by atoms with E-state index in [2.05, 4.69) is 10.3 Å². The number of hydrogen-bond donors (Lipinski definition) is 1. The van der Waals surface area contributed by atoms with Crippen LogP contribution in [0.1, 0.15) is 17.7 Å². The molecule has 0 aliphatic carbocycles. The average Bonchev–Trinajstić information content (AvgIpc) is 2.55. The van der Waals surface area contributed by atoms with Gasteiger partial charge in [-0.2, -0.15) is 0 Å². The van der Waals surface area contributed by atoms with Gasteiger partial charge in [0, 0.05) is 12.7 Å². The van der Waals surface area contributed by atoms with E-state index in [1.807, 2.05) is 42.5 Å².